The van der Waals surface area contributed by atoms with Crippen LogP contribution in [0.5, 0.6) is 11.8 Å². The molecule has 252 valence electrons. The number of thiophene rings is 1. The van der Waals surface area contributed by atoms with Crippen LogP contribution in [0.1, 0.15) is 24.8 Å². The van der Waals surface area contributed by atoms with Gasteiger partial charge in [-0.3, -0.25) is 4.90 Å². The molecule has 17 heteroatoms. The van der Waals surface area contributed by atoms with E-state index < -0.39 is 83.0 Å². The van der Waals surface area contributed by atoms with Gasteiger partial charge in [0.2, 0.25) is 0 Å². The van der Waals surface area contributed by atoms with Gasteiger partial charge in [-0.25, -0.2) is 22.0 Å². The lowest BCUT2D eigenvalue weighted by Gasteiger charge is -2.31. The van der Waals surface area contributed by atoms with Gasteiger partial charge in [0.05, 0.1) is 38.8 Å². The second-order valence-corrected chi connectivity index (χ2v) is 13.3. The van der Waals surface area contributed by atoms with Gasteiger partial charge in [-0.15, -0.1) is 11.3 Å². The number of fused-ring (bicyclic) bond motifs is 2. The van der Waals surface area contributed by atoms with E-state index in [2.05, 4.69) is 9.97 Å². The molecule has 0 saturated carbocycles. The highest BCUT2D eigenvalue weighted by molar-refractivity contribution is 7.23. The molecule has 48 heavy (non-hydrogen) atoms. The van der Waals surface area contributed by atoms with Crippen LogP contribution in [0.3, 0.4) is 0 Å². The van der Waals surface area contributed by atoms with Crippen LogP contribution in [0.25, 0.3) is 32.1 Å². The monoisotopic (exact) mass is 712 g/mol. The summed E-state index contributed by atoms with van der Waals surface area (Å²) in [5.74, 6) is -2.58. The smallest absolute Gasteiger partial charge is 0.319 e. The van der Waals surface area contributed by atoms with Gasteiger partial charge in [0.25, 0.3) is 12.5 Å². The summed E-state index contributed by atoms with van der Waals surface area (Å²) in [4.78, 5) is 11.4. The number of aromatic nitrogens is 2. The van der Waals surface area contributed by atoms with E-state index in [9.17, 15) is 31.6 Å². The lowest BCUT2D eigenvalue weighted by molar-refractivity contribution is 0.107. The van der Waals surface area contributed by atoms with Crippen molar-refractivity contribution >= 4 is 54.7 Å². The van der Waals surface area contributed by atoms with E-state index in [0.29, 0.717) is 19.0 Å². The van der Waals surface area contributed by atoms with Crippen LogP contribution < -0.4 is 20.1 Å². The van der Waals surface area contributed by atoms with Gasteiger partial charge in [-0.2, -0.15) is 24.0 Å². The van der Waals surface area contributed by atoms with E-state index in [1.165, 1.54) is 6.07 Å². The molecule has 0 unspecified atom stereocenters. The summed E-state index contributed by atoms with van der Waals surface area (Å²) < 4.78 is 113. The number of hydrogen-bond donors (Lipinski definition) is 1. The van der Waals surface area contributed by atoms with Crippen LogP contribution in [0.2, 0.25) is 5.02 Å². The largest absolute Gasteiger partial charge is 0.489 e. The zero-order valence-electron chi connectivity index (χ0n) is 24.7. The molecule has 3 aliphatic rings. The van der Waals surface area contributed by atoms with E-state index in [0.717, 1.165) is 28.7 Å². The second-order valence-electron chi connectivity index (χ2n) is 11.9. The molecule has 2 aromatic heterocycles. The third-order valence-electron chi connectivity index (χ3n) is 9.10. The SMILES string of the molecule is N#Cc1c(N)sc2c(F)ccc(-c3c(Cl)c4c5c(nc(OC[C@@]67CCCN6C[C@H](F)C7)nc5c3F)N(CC(F)F)[C@@H](C=C(F)F)CO4)c12. The first-order valence-electron chi connectivity index (χ1n) is 14.8. The summed E-state index contributed by atoms with van der Waals surface area (Å²) in [7, 11) is 0. The second kappa shape index (κ2) is 12.1. The van der Waals surface area contributed by atoms with Gasteiger partial charge >= 0.3 is 6.01 Å². The quantitative estimate of drug-likeness (QED) is 0.197. The topological polar surface area (TPSA) is 101 Å². The Morgan fingerprint density at radius 1 is 1.27 bits per heavy atom. The summed E-state index contributed by atoms with van der Waals surface area (Å²) >= 11 is 7.56. The summed E-state index contributed by atoms with van der Waals surface area (Å²) in [5, 5.41) is 9.05. The number of hydrogen-bond acceptors (Lipinski definition) is 9. The van der Waals surface area contributed by atoms with Crippen molar-refractivity contribution in [3.8, 4) is 29.0 Å². The molecule has 2 N–H and O–H groups in total. The third kappa shape index (κ3) is 5.23. The lowest BCUT2D eigenvalue weighted by Crippen LogP contribution is -2.43. The van der Waals surface area contributed by atoms with Crippen LogP contribution in [-0.2, 0) is 0 Å². The van der Waals surface area contributed by atoms with Crippen molar-refractivity contribution in [2.75, 3.05) is 43.5 Å². The van der Waals surface area contributed by atoms with Gasteiger partial charge in [-0.05, 0) is 31.0 Å². The van der Waals surface area contributed by atoms with Crippen molar-refractivity contribution in [2.24, 2.45) is 0 Å². The fraction of sp³-hybridized carbons (Fsp3) is 0.387. The maximum absolute atomic E-state index is 17.0. The number of rotatable bonds is 7. The molecule has 4 aromatic rings. The molecular weight excluding hydrogens is 689 g/mol. The highest BCUT2D eigenvalue weighted by Gasteiger charge is 2.49. The van der Waals surface area contributed by atoms with Gasteiger partial charge in [0, 0.05) is 30.0 Å². The molecule has 5 heterocycles. The number of ether oxygens (including phenoxy) is 2. The van der Waals surface area contributed by atoms with Crippen LogP contribution in [0, 0.1) is 23.0 Å². The van der Waals surface area contributed by atoms with Crippen LogP contribution in [0.15, 0.2) is 24.3 Å². The summed E-state index contributed by atoms with van der Waals surface area (Å²) in [5.41, 5.74) is 4.20. The predicted molar refractivity (Wildman–Crippen MR) is 166 cm³/mol. The van der Waals surface area contributed by atoms with E-state index >= 15 is 4.39 Å². The summed E-state index contributed by atoms with van der Waals surface area (Å²) in [6, 6.07) is 2.13. The number of halogens is 8. The molecule has 7 rings (SSSR count). The maximum atomic E-state index is 17.0. The molecule has 2 saturated heterocycles. The molecular formula is C31H24ClF7N6O2S. The first-order chi connectivity index (χ1) is 22.9. The summed E-state index contributed by atoms with van der Waals surface area (Å²) in [6.45, 7) is -1.01. The molecule has 0 spiro atoms. The first-order valence-corrected chi connectivity index (χ1v) is 16.0. The number of nitrogens with zero attached hydrogens (tertiary/aromatic N) is 5. The molecule has 0 radical (unpaired) electrons. The average molecular weight is 713 g/mol. The Morgan fingerprint density at radius 3 is 2.79 bits per heavy atom. The van der Waals surface area contributed by atoms with Crippen molar-refractivity contribution in [1.29, 1.82) is 5.26 Å². The molecule has 0 bridgehead atoms. The minimum atomic E-state index is -3.05. The highest BCUT2D eigenvalue weighted by Crippen LogP contribution is 2.51. The van der Waals surface area contributed by atoms with Crippen LogP contribution in [0.4, 0.5) is 41.6 Å². The zero-order chi connectivity index (χ0) is 34.1. The van der Waals surface area contributed by atoms with Crippen molar-refractivity contribution in [3.05, 3.63) is 46.5 Å². The Bertz CT molecular complexity index is 2040. The fourth-order valence-electron chi connectivity index (χ4n) is 7.11. The van der Waals surface area contributed by atoms with Gasteiger partial charge in [0.15, 0.2) is 11.6 Å². The van der Waals surface area contributed by atoms with Crippen molar-refractivity contribution in [3.63, 3.8) is 0 Å². The molecule has 3 atom stereocenters. The Labute approximate surface area is 277 Å². The Morgan fingerprint density at radius 2 is 2.06 bits per heavy atom. The van der Waals surface area contributed by atoms with Gasteiger partial charge in [0.1, 0.15) is 47.6 Å². The number of nitriles is 1. The standard InChI is InChI=1S/C31H24ClF7N6O2S/c32-23-21(15-2-3-17(34)27-20(15)16(8-40)28(41)48-27)24(39)25-22-26(23)46-11-14(6-18(35)36)45(10-19(37)38)29(22)43-30(42-25)47-12-31-4-1-5-44(31)9-13(33)7-31/h2-3,6,13-14,19H,1,4-5,7,9-12,41H2/t13-,14+,31+/m1/s1. The number of anilines is 2. The highest BCUT2D eigenvalue weighted by atomic mass is 35.5. The van der Waals surface area contributed by atoms with E-state index in [1.54, 1.807) is 0 Å². The molecule has 3 aliphatic heterocycles. The zero-order valence-corrected chi connectivity index (χ0v) is 26.3. The first kappa shape index (κ1) is 32.5. The minimum absolute atomic E-state index is 0.0286. The Kier molecular flexibility index (Phi) is 8.20. The third-order valence-corrected chi connectivity index (χ3v) is 10.5. The number of alkyl halides is 3. The van der Waals surface area contributed by atoms with E-state index in [4.69, 9.17) is 26.8 Å². The number of benzene rings is 2. The average Bonchev–Trinajstić information content (AvgIpc) is 3.64. The van der Waals surface area contributed by atoms with Gasteiger partial charge < -0.3 is 20.1 Å². The molecule has 0 amide bonds. The Hall–Kier alpha value is -4.07. The van der Waals surface area contributed by atoms with Crippen LogP contribution in [-0.4, -0.2) is 71.9 Å². The van der Waals surface area contributed by atoms with Crippen LogP contribution >= 0.6 is 22.9 Å². The maximum Gasteiger partial charge on any atom is 0.319 e. The normalized spacial score (nSPS) is 22.2. The minimum Gasteiger partial charge on any atom is -0.489 e. The van der Waals surface area contributed by atoms with E-state index in [1.807, 2.05) is 11.0 Å². The van der Waals surface area contributed by atoms with Crippen molar-refractivity contribution in [2.45, 2.75) is 43.4 Å². The van der Waals surface area contributed by atoms with Gasteiger partial charge in [-0.1, -0.05) is 17.7 Å². The molecule has 8 nitrogen and oxygen atoms in total. The van der Waals surface area contributed by atoms with Crippen molar-refractivity contribution < 1.29 is 40.2 Å². The number of nitrogens with two attached hydrogens (primary N) is 1. The number of nitrogen functional groups attached to an aromatic ring is 1. The predicted octanol–water partition coefficient (Wildman–Crippen LogP) is 7.47. The fourth-order valence-corrected chi connectivity index (χ4v) is 8.39. The summed E-state index contributed by atoms with van der Waals surface area (Å²) in [6.07, 6.45) is -4.38. The molecule has 2 aromatic carbocycles. The lowest BCUT2D eigenvalue weighted by atomic mass is 9.95. The molecule has 0 aliphatic carbocycles. The molecule has 2 fully saturated rings. The van der Waals surface area contributed by atoms with E-state index in [-0.39, 0.29) is 56.9 Å². The Balaban J connectivity index is 1.48. The van der Waals surface area contributed by atoms with Crippen molar-refractivity contribution in [1.82, 2.24) is 14.9 Å².